The minimum absolute atomic E-state index is 0.231. The first-order valence-electron chi connectivity index (χ1n) is 9.00. The Kier molecular flexibility index (Phi) is 6.29. The molecule has 3 nitrogen and oxygen atoms in total. The van der Waals surface area contributed by atoms with E-state index in [0.29, 0.717) is 12.6 Å². The van der Waals surface area contributed by atoms with Crippen LogP contribution in [0.4, 0.5) is 4.39 Å². The molecule has 0 aliphatic carbocycles. The molecule has 2 aromatic carbocycles. The molecule has 1 unspecified atom stereocenters. The van der Waals surface area contributed by atoms with Crippen molar-refractivity contribution < 1.29 is 13.9 Å². The van der Waals surface area contributed by atoms with Gasteiger partial charge in [-0.1, -0.05) is 18.6 Å². The Hall–Kier alpha value is -2.07. The molecule has 0 saturated carbocycles. The summed E-state index contributed by atoms with van der Waals surface area (Å²) in [5.74, 6) is 1.40. The monoisotopic (exact) mass is 343 g/mol. The zero-order valence-corrected chi connectivity index (χ0v) is 14.8. The van der Waals surface area contributed by atoms with E-state index >= 15 is 0 Å². The van der Waals surface area contributed by atoms with Crippen molar-refractivity contribution in [3.8, 4) is 11.5 Å². The number of hydrogen-bond acceptors (Lipinski definition) is 3. The van der Waals surface area contributed by atoms with Gasteiger partial charge in [0, 0.05) is 12.6 Å². The van der Waals surface area contributed by atoms with E-state index in [1.54, 1.807) is 19.2 Å². The number of hydrogen-bond donors (Lipinski definition) is 0. The second-order valence-corrected chi connectivity index (χ2v) is 6.56. The Morgan fingerprint density at radius 1 is 1.00 bits per heavy atom. The van der Waals surface area contributed by atoms with E-state index in [4.69, 9.17) is 9.47 Å². The summed E-state index contributed by atoms with van der Waals surface area (Å²) in [5.41, 5.74) is 1.31. The quantitative estimate of drug-likeness (QED) is 0.730. The molecule has 1 saturated heterocycles. The molecule has 0 N–H and O–H groups in total. The van der Waals surface area contributed by atoms with Gasteiger partial charge in [0.25, 0.3) is 0 Å². The highest BCUT2D eigenvalue weighted by molar-refractivity contribution is 5.27. The van der Waals surface area contributed by atoms with Gasteiger partial charge in [-0.15, -0.1) is 0 Å². The summed E-state index contributed by atoms with van der Waals surface area (Å²) < 4.78 is 23.9. The number of methoxy groups -OCH3 is 1. The molecule has 0 radical (unpaired) electrons. The van der Waals surface area contributed by atoms with Gasteiger partial charge in [0.1, 0.15) is 17.3 Å². The van der Waals surface area contributed by atoms with Gasteiger partial charge < -0.3 is 9.47 Å². The third kappa shape index (κ3) is 5.20. The second kappa shape index (κ2) is 8.86. The maximum atomic E-state index is 12.9. The minimum atomic E-state index is -0.231. The molecule has 134 valence electrons. The summed E-state index contributed by atoms with van der Waals surface area (Å²) in [6, 6.07) is 15.1. The van der Waals surface area contributed by atoms with Gasteiger partial charge in [-0.2, -0.15) is 0 Å². The normalized spacial score (nSPS) is 18.1. The van der Waals surface area contributed by atoms with Gasteiger partial charge in [0.05, 0.1) is 13.7 Å². The third-order valence-electron chi connectivity index (χ3n) is 4.83. The van der Waals surface area contributed by atoms with E-state index in [1.807, 2.05) is 12.1 Å². The molecule has 1 heterocycles. The first-order chi connectivity index (χ1) is 12.2. The first kappa shape index (κ1) is 17.7. The van der Waals surface area contributed by atoms with Crippen molar-refractivity contribution in [2.45, 2.75) is 38.3 Å². The van der Waals surface area contributed by atoms with Crippen molar-refractivity contribution in [1.29, 1.82) is 0 Å². The van der Waals surface area contributed by atoms with Gasteiger partial charge in [-0.25, -0.2) is 4.39 Å². The Labute approximate surface area is 149 Å². The lowest BCUT2D eigenvalue weighted by molar-refractivity contribution is 0.116. The van der Waals surface area contributed by atoms with Crippen molar-refractivity contribution in [2.24, 2.45) is 0 Å². The molecular weight excluding hydrogens is 317 g/mol. The maximum absolute atomic E-state index is 12.9. The van der Waals surface area contributed by atoms with E-state index in [-0.39, 0.29) is 5.82 Å². The van der Waals surface area contributed by atoms with Crippen LogP contribution >= 0.6 is 0 Å². The molecule has 1 aliphatic rings. The maximum Gasteiger partial charge on any atom is 0.123 e. The second-order valence-electron chi connectivity index (χ2n) is 6.56. The Morgan fingerprint density at radius 2 is 1.72 bits per heavy atom. The summed E-state index contributed by atoms with van der Waals surface area (Å²) in [7, 11) is 1.69. The number of halogens is 1. The molecular formula is C21H26FNO2. The molecule has 2 aromatic rings. The predicted octanol–water partition coefficient (Wildman–Crippen LogP) is 4.66. The molecule has 0 amide bonds. The molecule has 0 spiro atoms. The Bertz CT molecular complexity index is 642. The standard InChI is InChI=1S/C21H26FNO2/c1-24-20-9-5-17(6-10-20)16-23-14-3-2-4-19(23)13-15-25-21-11-7-18(22)8-12-21/h5-12,19H,2-4,13-16H2,1H3. The lowest BCUT2D eigenvalue weighted by atomic mass is 9.99. The van der Waals surface area contributed by atoms with Crippen molar-refractivity contribution >= 4 is 0 Å². The van der Waals surface area contributed by atoms with Crippen LogP contribution in [0.25, 0.3) is 0 Å². The smallest absolute Gasteiger partial charge is 0.123 e. The summed E-state index contributed by atoms with van der Waals surface area (Å²) in [6.07, 6.45) is 4.74. The molecule has 3 rings (SSSR count). The van der Waals surface area contributed by atoms with Crippen LogP contribution in [0.5, 0.6) is 11.5 Å². The highest BCUT2D eigenvalue weighted by atomic mass is 19.1. The van der Waals surface area contributed by atoms with Crippen molar-refractivity contribution in [1.82, 2.24) is 4.90 Å². The topological polar surface area (TPSA) is 21.7 Å². The van der Waals surface area contributed by atoms with Gasteiger partial charge in [-0.05, 0) is 67.8 Å². The van der Waals surface area contributed by atoms with Crippen LogP contribution in [0.1, 0.15) is 31.2 Å². The van der Waals surface area contributed by atoms with E-state index in [9.17, 15) is 4.39 Å². The van der Waals surface area contributed by atoms with Crippen molar-refractivity contribution in [3.63, 3.8) is 0 Å². The fraction of sp³-hybridized carbons (Fsp3) is 0.429. The van der Waals surface area contributed by atoms with Gasteiger partial charge >= 0.3 is 0 Å². The average molecular weight is 343 g/mol. The Morgan fingerprint density at radius 3 is 2.44 bits per heavy atom. The molecule has 0 bridgehead atoms. The van der Waals surface area contributed by atoms with Crippen LogP contribution in [0.15, 0.2) is 48.5 Å². The highest BCUT2D eigenvalue weighted by Crippen LogP contribution is 2.23. The number of ether oxygens (including phenoxy) is 2. The lowest BCUT2D eigenvalue weighted by Crippen LogP contribution is -2.39. The molecule has 25 heavy (non-hydrogen) atoms. The molecule has 1 aliphatic heterocycles. The summed E-state index contributed by atoms with van der Waals surface area (Å²) in [6.45, 7) is 2.76. The van der Waals surface area contributed by atoms with Gasteiger partial charge in [0.15, 0.2) is 0 Å². The van der Waals surface area contributed by atoms with Crippen molar-refractivity contribution in [2.75, 3.05) is 20.3 Å². The average Bonchev–Trinajstić information content (AvgIpc) is 2.65. The SMILES string of the molecule is COc1ccc(CN2CCCCC2CCOc2ccc(F)cc2)cc1. The van der Waals surface area contributed by atoms with Crippen LogP contribution in [0.3, 0.4) is 0 Å². The summed E-state index contributed by atoms with van der Waals surface area (Å²) in [5, 5.41) is 0. The lowest BCUT2D eigenvalue weighted by Gasteiger charge is -2.35. The fourth-order valence-corrected chi connectivity index (χ4v) is 3.40. The number of piperidine rings is 1. The number of benzene rings is 2. The molecule has 1 fully saturated rings. The summed E-state index contributed by atoms with van der Waals surface area (Å²) >= 11 is 0. The van der Waals surface area contributed by atoms with Crippen LogP contribution in [0, 0.1) is 5.82 Å². The molecule has 4 heteroatoms. The number of likely N-dealkylation sites (tertiary alicyclic amines) is 1. The van der Waals surface area contributed by atoms with Gasteiger partial charge in [0.2, 0.25) is 0 Å². The van der Waals surface area contributed by atoms with E-state index in [0.717, 1.165) is 31.0 Å². The molecule has 0 aromatic heterocycles. The highest BCUT2D eigenvalue weighted by Gasteiger charge is 2.22. The minimum Gasteiger partial charge on any atom is -0.497 e. The van der Waals surface area contributed by atoms with E-state index < -0.39 is 0 Å². The number of rotatable bonds is 7. The Balaban J connectivity index is 1.52. The fourth-order valence-electron chi connectivity index (χ4n) is 3.40. The third-order valence-corrected chi connectivity index (χ3v) is 4.83. The van der Waals surface area contributed by atoms with Crippen LogP contribution in [-0.4, -0.2) is 31.2 Å². The van der Waals surface area contributed by atoms with Gasteiger partial charge in [-0.3, -0.25) is 4.90 Å². The number of nitrogens with zero attached hydrogens (tertiary/aromatic N) is 1. The van der Waals surface area contributed by atoms with Crippen molar-refractivity contribution in [3.05, 3.63) is 59.9 Å². The molecule has 1 atom stereocenters. The van der Waals surface area contributed by atoms with Crippen LogP contribution < -0.4 is 9.47 Å². The zero-order valence-electron chi connectivity index (χ0n) is 14.8. The predicted molar refractivity (Wildman–Crippen MR) is 97.6 cm³/mol. The summed E-state index contributed by atoms with van der Waals surface area (Å²) in [4.78, 5) is 2.55. The first-order valence-corrected chi connectivity index (χ1v) is 9.00. The van der Waals surface area contributed by atoms with Crippen LogP contribution in [0.2, 0.25) is 0 Å². The van der Waals surface area contributed by atoms with E-state index in [2.05, 4.69) is 17.0 Å². The van der Waals surface area contributed by atoms with E-state index in [1.165, 1.54) is 37.0 Å². The largest absolute Gasteiger partial charge is 0.497 e. The van der Waals surface area contributed by atoms with Crippen LogP contribution in [-0.2, 0) is 6.54 Å². The zero-order chi connectivity index (χ0) is 17.5.